The van der Waals surface area contributed by atoms with Crippen LogP contribution >= 0.6 is 0 Å². The summed E-state index contributed by atoms with van der Waals surface area (Å²) in [5.41, 5.74) is 1.77. The summed E-state index contributed by atoms with van der Waals surface area (Å²) in [6, 6.07) is 15.6. The second kappa shape index (κ2) is 8.29. The molecule has 4 heteroatoms. The smallest absolute Gasteiger partial charge is 0.220 e. The number of nitrogens with one attached hydrogen (secondary N) is 1. The molecule has 0 aromatic heterocycles. The van der Waals surface area contributed by atoms with Gasteiger partial charge in [0, 0.05) is 13.0 Å². The van der Waals surface area contributed by atoms with E-state index >= 15 is 0 Å². The average molecular weight is 301 g/mol. The Balaban J connectivity index is 1.91. The lowest BCUT2D eigenvalue weighted by Gasteiger charge is -2.18. The van der Waals surface area contributed by atoms with Gasteiger partial charge >= 0.3 is 0 Å². The molecule has 1 atom stereocenters. The summed E-state index contributed by atoms with van der Waals surface area (Å²) in [6.45, 7) is 0.00371. The van der Waals surface area contributed by atoms with E-state index in [4.69, 9.17) is 5.11 Å². The highest BCUT2D eigenvalue weighted by Crippen LogP contribution is 2.16. The first-order chi connectivity index (χ1) is 10.7. The fourth-order valence-electron chi connectivity index (χ4n) is 2.35. The third-order valence-electron chi connectivity index (χ3n) is 3.48. The zero-order valence-corrected chi connectivity index (χ0v) is 12.3. The molecule has 22 heavy (non-hydrogen) atoms. The number of aliphatic hydroxyl groups is 1. The molecule has 1 amide bonds. The van der Waals surface area contributed by atoms with E-state index in [2.05, 4.69) is 5.32 Å². The van der Waals surface area contributed by atoms with Crippen molar-refractivity contribution >= 4 is 5.91 Å². The van der Waals surface area contributed by atoms with Crippen LogP contribution in [0.4, 0.5) is 4.39 Å². The molecule has 2 N–H and O–H groups in total. The first-order valence-corrected chi connectivity index (χ1v) is 7.38. The van der Waals surface area contributed by atoms with Gasteiger partial charge in [0.15, 0.2) is 0 Å². The van der Waals surface area contributed by atoms with Gasteiger partial charge in [-0.1, -0.05) is 42.5 Å². The van der Waals surface area contributed by atoms with Crippen LogP contribution in [0.2, 0.25) is 0 Å². The van der Waals surface area contributed by atoms with Crippen molar-refractivity contribution in [3.8, 4) is 0 Å². The zero-order chi connectivity index (χ0) is 15.8. The Labute approximate surface area is 129 Å². The van der Waals surface area contributed by atoms with Crippen LogP contribution in [0.25, 0.3) is 0 Å². The molecule has 2 aromatic rings. The number of aryl methyl sites for hydroxylation is 1. The minimum absolute atomic E-state index is 0.00371. The van der Waals surface area contributed by atoms with Crippen molar-refractivity contribution in [1.82, 2.24) is 5.32 Å². The normalized spacial score (nSPS) is 11.9. The zero-order valence-electron chi connectivity index (χ0n) is 12.3. The van der Waals surface area contributed by atoms with Gasteiger partial charge in [0.1, 0.15) is 5.82 Å². The molecule has 0 spiro atoms. The Kier molecular flexibility index (Phi) is 6.10. The average Bonchev–Trinajstić information content (AvgIpc) is 2.53. The van der Waals surface area contributed by atoms with Gasteiger partial charge in [-0.2, -0.15) is 0 Å². The third kappa shape index (κ3) is 4.97. The summed E-state index contributed by atoms with van der Waals surface area (Å²) in [7, 11) is 0. The van der Waals surface area contributed by atoms with E-state index in [-0.39, 0.29) is 30.8 Å². The number of halogens is 1. The molecule has 2 rings (SSSR count). The molecule has 0 bridgehead atoms. The van der Waals surface area contributed by atoms with E-state index < -0.39 is 0 Å². The standard InChI is InChI=1S/C18H20FNO2/c19-16-8-4-5-14(13-16)9-10-18(22)20-17(11-12-21)15-6-2-1-3-7-15/h1-8,13,17,21H,9-12H2,(H,20,22). The number of carbonyl (C=O) groups is 1. The number of aliphatic hydroxyl groups excluding tert-OH is 1. The van der Waals surface area contributed by atoms with Crippen LogP contribution in [0.1, 0.15) is 30.0 Å². The molecule has 0 saturated carbocycles. The quantitative estimate of drug-likeness (QED) is 0.826. The van der Waals surface area contributed by atoms with Crippen molar-refractivity contribution in [3.05, 3.63) is 71.5 Å². The first kappa shape index (κ1) is 16.2. The summed E-state index contributed by atoms with van der Waals surface area (Å²) in [4.78, 5) is 12.1. The SMILES string of the molecule is O=C(CCc1cccc(F)c1)NC(CCO)c1ccccc1. The molecular formula is C18H20FNO2. The molecule has 116 valence electrons. The van der Waals surface area contributed by atoms with Crippen LogP contribution in [0.15, 0.2) is 54.6 Å². The molecule has 0 radical (unpaired) electrons. The van der Waals surface area contributed by atoms with Crippen LogP contribution in [0.5, 0.6) is 0 Å². The Bertz CT molecular complexity index is 601. The van der Waals surface area contributed by atoms with Crippen LogP contribution in [-0.4, -0.2) is 17.6 Å². The number of rotatable bonds is 7. The molecule has 0 aliphatic rings. The number of benzene rings is 2. The predicted octanol–water partition coefficient (Wildman–Crippen LogP) is 3.00. The molecule has 0 aliphatic heterocycles. The second-order valence-electron chi connectivity index (χ2n) is 5.17. The van der Waals surface area contributed by atoms with Gasteiger partial charge in [-0.05, 0) is 36.1 Å². The van der Waals surface area contributed by atoms with Gasteiger partial charge in [0.25, 0.3) is 0 Å². The lowest BCUT2D eigenvalue weighted by Crippen LogP contribution is -2.29. The van der Waals surface area contributed by atoms with Gasteiger partial charge in [-0.15, -0.1) is 0 Å². The van der Waals surface area contributed by atoms with Crippen molar-refractivity contribution < 1.29 is 14.3 Å². The van der Waals surface area contributed by atoms with Crippen molar-refractivity contribution in [2.45, 2.75) is 25.3 Å². The largest absolute Gasteiger partial charge is 0.396 e. The number of hydrogen-bond acceptors (Lipinski definition) is 2. The summed E-state index contributed by atoms with van der Waals surface area (Å²) in [6.07, 6.45) is 1.25. The minimum atomic E-state index is -0.291. The van der Waals surface area contributed by atoms with E-state index in [0.717, 1.165) is 11.1 Å². The lowest BCUT2D eigenvalue weighted by molar-refractivity contribution is -0.121. The topological polar surface area (TPSA) is 49.3 Å². The maximum Gasteiger partial charge on any atom is 0.220 e. The van der Waals surface area contributed by atoms with Gasteiger partial charge in [-0.3, -0.25) is 4.79 Å². The van der Waals surface area contributed by atoms with Gasteiger partial charge in [-0.25, -0.2) is 4.39 Å². The first-order valence-electron chi connectivity index (χ1n) is 7.38. The molecule has 0 aliphatic carbocycles. The molecule has 0 saturated heterocycles. The van der Waals surface area contributed by atoms with E-state index in [1.54, 1.807) is 12.1 Å². The minimum Gasteiger partial charge on any atom is -0.396 e. The van der Waals surface area contributed by atoms with Crippen molar-refractivity contribution in [2.75, 3.05) is 6.61 Å². The highest BCUT2D eigenvalue weighted by Gasteiger charge is 2.13. The van der Waals surface area contributed by atoms with Crippen molar-refractivity contribution in [1.29, 1.82) is 0 Å². The summed E-state index contributed by atoms with van der Waals surface area (Å²) in [5, 5.41) is 12.1. The van der Waals surface area contributed by atoms with Gasteiger partial charge in [0.2, 0.25) is 5.91 Å². The highest BCUT2D eigenvalue weighted by molar-refractivity contribution is 5.76. The molecule has 3 nitrogen and oxygen atoms in total. The Morgan fingerprint density at radius 3 is 2.59 bits per heavy atom. The van der Waals surface area contributed by atoms with E-state index in [0.29, 0.717) is 12.8 Å². The van der Waals surface area contributed by atoms with Crippen LogP contribution in [0.3, 0.4) is 0 Å². The van der Waals surface area contributed by atoms with Crippen LogP contribution in [0, 0.1) is 5.82 Å². The molecule has 0 fully saturated rings. The number of carbonyl (C=O) groups excluding carboxylic acids is 1. The second-order valence-corrected chi connectivity index (χ2v) is 5.17. The number of hydrogen-bond donors (Lipinski definition) is 2. The monoisotopic (exact) mass is 301 g/mol. The molecular weight excluding hydrogens is 281 g/mol. The number of amides is 1. The fourth-order valence-corrected chi connectivity index (χ4v) is 2.35. The van der Waals surface area contributed by atoms with E-state index in [1.807, 2.05) is 30.3 Å². The maximum atomic E-state index is 13.1. The van der Waals surface area contributed by atoms with E-state index in [9.17, 15) is 9.18 Å². The Hall–Kier alpha value is -2.20. The summed E-state index contributed by atoms with van der Waals surface area (Å²) < 4.78 is 13.1. The highest BCUT2D eigenvalue weighted by atomic mass is 19.1. The predicted molar refractivity (Wildman–Crippen MR) is 83.7 cm³/mol. The Morgan fingerprint density at radius 1 is 1.14 bits per heavy atom. The van der Waals surface area contributed by atoms with Crippen LogP contribution < -0.4 is 5.32 Å². The summed E-state index contributed by atoms with van der Waals surface area (Å²) >= 11 is 0. The third-order valence-corrected chi connectivity index (χ3v) is 3.48. The lowest BCUT2D eigenvalue weighted by atomic mass is 10.0. The molecule has 0 heterocycles. The summed E-state index contributed by atoms with van der Waals surface area (Å²) in [5.74, 6) is -0.396. The van der Waals surface area contributed by atoms with Crippen molar-refractivity contribution in [3.63, 3.8) is 0 Å². The maximum absolute atomic E-state index is 13.1. The Morgan fingerprint density at radius 2 is 1.91 bits per heavy atom. The van der Waals surface area contributed by atoms with Crippen LogP contribution in [-0.2, 0) is 11.2 Å². The van der Waals surface area contributed by atoms with Crippen molar-refractivity contribution in [2.24, 2.45) is 0 Å². The fraction of sp³-hybridized carbons (Fsp3) is 0.278. The molecule has 1 unspecified atom stereocenters. The molecule has 2 aromatic carbocycles. The van der Waals surface area contributed by atoms with Gasteiger partial charge in [0.05, 0.1) is 6.04 Å². The van der Waals surface area contributed by atoms with Gasteiger partial charge < -0.3 is 10.4 Å². The van der Waals surface area contributed by atoms with E-state index in [1.165, 1.54) is 12.1 Å².